The minimum Gasteiger partial charge on any atom is -0.550 e. The smallest absolute Gasteiger partial charge is 0.550 e. The maximum atomic E-state index is 10.3. The molecule has 0 aliphatic heterocycles. The van der Waals surface area contributed by atoms with Crippen molar-refractivity contribution >= 4 is 17.9 Å². The van der Waals surface area contributed by atoms with Gasteiger partial charge < -0.3 is 29.7 Å². The molecule has 0 radical (unpaired) electrons. The number of carbonyl (C=O) groups excluding carboxylic acids is 3. The van der Waals surface area contributed by atoms with Gasteiger partial charge in [-0.25, -0.2) is 0 Å². The van der Waals surface area contributed by atoms with Crippen LogP contribution in [0.5, 0.6) is 0 Å². The summed E-state index contributed by atoms with van der Waals surface area (Å²) < 4.78 is 0. The second-order valence-electron chi connectivity index (χ2n) is 7.70. The molecule has 0 aromatic carbocycles. The van der Waals surface area contributed by atoms with Gasteiger partial charge in [0.05, 0.1) is 0 Å². The van der Waals surface area contributed by atoms with E-state index in [1.54, 1.807) is 0 Å². The van der Waals surface area contributed by atoms with Crippen LogP contribution in [0.4, 0.5) is 0 Å². The molecule has 7 heteroatoms. The summed E-state index contributed by atoms with van der Waals surface area (Å²) in [5.74, 6) is -3.34. The Balaban J connectivity index is -0.000000174. The number of hydrogen-bond donors (Lipinski definition) is 0. The standard InChI is InChI=1S/3C8H16O2.Y/c3*1-3-5-6-7(4-2)8(9)10;/h3*7H,3-6H2,1-2H3,(H,9,10);/q;;;+3/p-3. The first kappa shape index (κ1) is 37.8. The van der Waals surface area contributed by atoms with Crippen LogP contribution in [0.25, 0.3) is 0 Å². The van der Waals surface area contributed by atoms with Crippen LogP contribution >= 0.6 is 0 Å². The molecule has 31 heavy (non-hydrogen) atoms. The summed E-state index contributed by atoms with van der Waals surface area (Å²) in [6.07, 6.45) is 10.6. The fourth-order valence-electron chi connectivity index (χ4n) is 2.82. The second-order valence-corrected chi connectivity index (χ2v) is 7.70. The summed E-state index contributed by atoms with van der Waals surface area (Å²) in [5, 5.41) is 31.0. The molecular formula is C24H45O6Y. The Morgan fingerprint density at radius 3 is 0.806 bits per heavy atom. The summed E-state index contributed by atoms with van der Waals surface area (Å²) in [4.78, 5) is 31.0. The largest absolute Gasteiger partial charge is 3.00 e. The minimum absolute atomic E-state index is 0. The number of carbonyl (C=O) groups is 3. The third-order valence-corrected chi connectivity index (χ3v) is 5.20. The van der Waals surface area contributed by atoms with Crippen LogP contribution in [-0.2, 0) is 47.1 Å². The van der Waals surface area contributed by atoms with Gasteiger partial charge >= 0.3 is 32.7 Å². The SMILES string of the molecule is CCCCC(CC)C(=O)[O-].CCCCC(CC)C(=O)[O-].CCCCC(CC)C(=O)[O-].[Y+3]. The second kappa shape index (κ2) is 27.5. The van der Waals surface area contributed by atoms with Gasteiger partial charge in [0.2, 0.25) is 0 Å². The summed E-state index contributed by atoms with van der Waals surface area (Å²) in [5.41, 5.74) is 0. The van der Waals surface area contributed by atoms with E-state index in [-0.39, 0.29) is 50.5 Å². The van der Waals surface area contributed by atoms with Crippen molar-refractivity contribution in [3.8, 4) is 0 Å². The van der Waals surface area contributed by atoms with Crippen LogP contribution in [0.15, 0.2) is 0 Å². The monoisotopic (exact) mass is 518 g/mol. The number of carboxylic acids is 3. The molecule has 0 aromatic heterocycles. The van der Waals surface area contributed by atoms with E-state index < -0.39 is 17.9 Å². The molecule has 0 heterocycles. The van der Waals surface area contributed by atoms with E-state index in [0.29, 0.717) is 19.3 Å². The van der Waals surface area contributed by atoms with Crippen LogP contribution in [0.2, 0.25) is 0 Å². The van der Waals surface area contributed by atoms with Crippen LogP contribution in [0.1, 0.15) is 119 Å². The Kier molecular flexibility index (Phi) is 33.6. The Morgan fingerprint density at radius 1 is 0.516 bits per heavy atom. The molecule has 0 aliphatic rings. The van der Waals surface area contributed by atoms with Crippen molar-refractivity contribution in [2.75, 3.05) is 0 Å². The molecule has 180 valence electrons. The number of aliphatic carboxylic acids is 3. The molecule has 0 fully saturated rings. The Morgan fingerprint density at radius 2 is 0.710 bits per heavy atom. The molecule has 0 N–H and O–H groups in total. The van der Waals surface area contributed by atoms with E-state index in [4.69, 9.17) is 0 Å². The maximum absolute atomic E-state index is 10.3. The molecule has 0 spiro atoms. The first-order chi connectivity index (χ1) is 14.2. The van der Waals surface area contributed by atoms with Crippen molar-refractivity contribution in [1.29, 1.82) is 0 Å². The van der Waals surface area contributed by atoms with Crippen LogP contribution in [0.3, 0.4) is 0 Å². The summed E-state index contributed by atoms with van der Waals surface area (Å²) >= 11 is 0. The van der Waals surface area contributed by atoms with Gasteiger partial charge in [-0.1, -0.05) is 80.1 Å². The number of hydrogen-bond acceptors (Lipinski definition) is 6. The predicted molar refractivity (Wildman–Crippen MR) is 115 cm³/mol. The van der Waals surface area contributed by atoms with Gasteiger partial charge in [0.1, 0.15) is 0 Å². The van der Waals surface area contributed by atoms with E-state index in [1.165, 1.54) is 0 Å². The first-order valence-corrected chi connectivity index (χ1v) is 11.8. The molecule has 6 nitrogen and oxygen atoms in total. The molecule has 0 rings (SSSR count). The van der Waals surface area contributed by atoms with Crippen LogP contribution < -0.4 is 15.3 Å². The van der Waals surface area contributed by atoms with Gasteiger partial charge in [-0.3, -0.25) is 0 Å². The Bertz CT molecular complexity index is 366. The number of carboxylic acid groups (broad SMARTS) is 3. The van der Waals surface area contributed by atoms with Crippen molar-refractivity contribution in [2.24, 2.45) is 17.8 Å². The molecular weight excluding hydrogens is 473 g/mol. The molecule has 0 aliphatic carbocycles. The van der Waals surface area contributed by atoms with E-state index in [1.807, 2.05) is 20.8 Å². The van der Waals surface area contributed by atoms with E-state index in [0.717, 1.165) is 57.8 Å². The molecule has 0 saturated carbocycles. The quantitative estimate of drug-likeness (QED) is 0.329. The van der Waals surface area contributed by atoms with E-state index in [9.17, 15) is 29.7 Å². The number of rotatable bonds is 15. The van der Waals surface area contributed by atoms with Gasteiger partial charge in [-0.05, 0) is 56.3 Å². The van der Waals surface area contributed by atoms with Gasteiger partial charge in [0, 0.05) is 17.9 Å². The topological polar surface area (TPSA) is 120 Å². The summed E-state index contributed by atoms with van der Waals surface area (Å²) in [6.45, 7) is 11.8. The third kappa shape index (κ3) is 25.6. The average Bonchev–Trinajstić information content (AvgIpc) is 2.70. The minimum atomic E-state index is -0.893. The fourth-order valence-corrected chi connectivity index (χ4v) is 2.82. The van der Waals surface area contributed by atoms with Crippen molar-refractivity contribution in [1.82, 2.24) is 0 Å². The fraction of sp³-hybridized carbons (Fsp3) is 0.875. The van der Waals surface area contributed by atoms with E-state index >= 15 is 0 Å². The van der Waals surface area contributed by atoms with Gasteiger partial charge in [0.15, 0.2) is 0 Å². The van der Waals surface area contributed by atoms with Crippen LogP contribution in [0, 0.1) is 17.8 Å². The molecule has 0 saturated heterocycles. The van der Waals surface area contributed by atoms with Crippen molar-refractivity contribution < 1.29 is 62.4 Å². The first-order valence-electron chi connectivity index (χ1n) is 11.8. The van der Waals surface area contributed by atoms with Crippen molar-refractivity contribution in [3.63, 3.8) is 0 Å². The Hall–Kier alpha value is -0.486. The maximum Gasteiger partial charge on any atom is 3.00 e. The zero-order valence-corrected chi connectivity index (χ0v) is 23.6. The third-order valence-electron chi connectivity index (χ3n) is 5.20. The molecule has 0 bridgehead atoms. The van der Waals surface area contributed by atoms with Gasteiger partial charge in [-0.2, -0.15) is 0 Å². The van der Waals surface area contributed by atoms with E-state index in [2.05, 4.69) is 20.8 Å². The zero-order valence-electron chi connectivity index (χ0n) is 20.7. The summed E-state index contributed by atoms with van der Waals surface area (Å²) in [6, 6.07) is 0. The molecule has 3 unspecified atom stereocenters. The molecule has 0 amide bonds. The van der Waals surface area contributed by atoms with Gasteiger partial charge in [0.25, 0.3) is 0 Å². The van der Waals surface area contributed by atoms with Gasteiger partial charge in [-0.15, -0.1) is 0 Å². The zero-order chi connectivity index (χ0) is 23.9. The average molecular weight is 519 g/mol. The van der Waals surface area contributed by atoms with Crippen LogP contribution in [-0.4, -0.2) is 17.9 Å². The summed E-state index contributed by atoms with van der Waals surface area (Å²) in [7, 11) is 0. The Labute approximate surface area is 215 Å². The van der Waals surface area contributed by atoms with Crippen molar-refractivity contribution in [3.05, 3.63) is 0 Å². The molecule has 3 atom stereocenters. The molecule has 0 aromatic rings. The number of unbranched alkanes of at least 4 members (excludes halogenated alkanes) is 3. The predicted octanol–water partition coefficient (Wildman–Crippen LogP) is 2.86. The van der Waals surface area contributed by atoms with Crippen molar-refractivity contribution in [2.45, 2.75) is 119 Å². The normalized spacial score (nSPS) is 12.6.